The molecule has 0 unspecified atom stereocenters. The van der Waals surface area contributed by atoms with Gasteiger partial charge in [-0.25, -0.2) is 14.5 Å². The number of carbonyl (C=O) groups excluding carboxylic acids is 2. The molecule has 1 aliphatic rings. The second-order valence-electron chi connectivity index (χ2n) is 9.10. The predicted molar refractivity (Wildman–Crippen MR) is 118 cm³/mol. The average Bonchev–Trinajstić information content (AvgIpc) is 2.69. The summed E-state index contributed by atoms with van der Waals surface area (Å²) in [6.45, 7) is 6.68. The maximum Gasteiger partial charge on any atom is 0.543 e. The Balaban J connectivity index is 1.72. The van der Waals surface area contributed by atoms with Crippen LogP contribution in [-0.4, -0.2) is 26.3 Å². The lowest BCUT2D eigenvalue weighted by Crippen LogP contribution is -2.37. The summed E-state index contributed by atoms with van der Waals surface area (Å²) in [5.41, 5.74) is 0.327. The lowest BCUT2D eigenvalue weighted by Gasteiger charge is -2.17. The predicted octanol–water partition coefficient (Wildman–Crippen LogP) is 6.06. The van der Waals surface area contributed by atoms with Crippen molar-refractivity contribution in [3.63, 3.8) is 0 Å². The van der Waals surface area contributed by atoms with Crippen LogP contribution in [0.15, 0.2) is 24.3 Å². The highest BCUT2D eigenvalue weighted by atomic mass is 28.3. The molecule has 0 bridgehead atoms. The monoisotopic (exact) mass is 436 g/mol. The molecule has 168 valence electrons. The smallest absolute Gasteiger partial charge is 0.429 e. The Hall–Kier alpha value is -1.86. The third-order valence-corrected chi connectivity index (χ3v) is 7.58. The van der Waals surface area contributed by atoms with E-state index < -0.39 is 20.2 Å². The van der Waals surface area contributed by atoms with E-state index in [1.165, 1.54) is 37.3 Å². The molecule has 0 aromatic heterocycles. The van der Waals surface area contributed by atoms with Crippen molar-refractivity contribution >= 4 is 25.4 Å². The second-order valence-corrected chi connectivity index (χ2v) is 14.2. The molecule has 1 aromatic carbocycles. The van der Waals surface area contributed by atoms with E-state index in [1.807, 2.05) is 12.1 Å². The zero-order valence-electron chi connectivity index (χ0n) is 18.6. The molecule has 0 N–H and O–H groups in total. The molecule has 6 nitrogen and oxygen atoms in total. The van der Waals surface area contributed by atoms with Crippen molar-refractivity contribution in [3.05, 3.63) is 29.8 Å². The van der Waals surface area contributed by atoms with E-state index in [0.717, 1.165) is 38.5 Å². The van der Waals surface area contributed by atoms with Gasteiger partial charge in [-0.1, -0.05) is 81.9 Å². The standard InChI is InChI=1S/C23H36O6Si/c1-30(2,3)21-17-15-19(16-18-21)22(24)27-29-28-23(25)26-20-13-11-9-7-5-4-6-8-10-12-14-20/h15-18,20H,4-14H2,1-3H3. The molecule has 30 heavy (non-hydrogen) atoms. The van der Waals surface area contributed by atoms with Crippen molar-refractivity contribution in [3.8, 4) is 0 Å². The van der Waals surface area contributed by atoms with E-state index in [9.17, 15) is 9.59 Å². The van der Waals surface area contributed by atoms with E-state index in [4.69, 9.17) is 4.74 Å². The second kappa shape index (κ2) is 12.7. The first-order valence-corrected chi connectivity index (χ1v) is 14.7. The molecule has 1 aromatic rings. The number of benzene rings is 1. The number of hydrogen-bond donors (Lipinski definition) is 0. The molecule has 0 heterocycles. The first-order chi connectivity index (χ1) is 14.4. The highest BCUT2D eigenvalue weighted by Gasteiger charge is 2.19. The molecule has 1 aliphatic carbocycles. The Labute approximate surface area is 181 Å². The Kier molecular flexibility index (Phi) is 10.4. The van der Waals surface area contributed by atoms with Crippen molar-refractivity contribution in [2.75, 3.05) is 0 Å². The molecule has 0 amide bonds. The van der Waals surface area contributed by atoms with Gasteiger partial charge in [0.15, 0.2) is 0 Å². The molecule has 0 aliphatic heterocycles. The van der Waals surface area contributed by atoms with Gasteiger partial charge < -0.3 is 4.74 Å². The van der Waals surface area contributed by atoms with Gasteiger partial charge in [0.2, 0.25) is 0 Å². The summed E-state index contributed by atoms with van der Waals surface area (Å²) in [5, 5.41) is 5.61. The molecule has 0 spiro atoms. The lowest BCUT2D eigenvalue weighted by molar-refractivity contribution is -0.453. The van der Waals surface area contributed by atoms with Gasteiger partial charge >= 0.3 is 12.1 Å². The van der Waals surface area contributed by atoms with E-state index >= 15 is 0 Å². The molecule has 0 atom stereocenters. The van der Waals surface area contributed by atoms with Gasteiger partial charge in [-0.2, -0.15) is 0 Å². The third-order valence-electron chi connectivity index (χ3n) is 5.51. The summed E-state index contributed by atoms with van der Waals surface area (Å²) in [6.07, 6.45) is 11.2. The zero-order valence-corrected chi connectivity index (χ0v) is 19.6. The summed E-state index contributed by atoms with van der Waals surface area (Å²) in [5.74, 6) is -0.726. The van der Waals surface area contributed by atoms with Gasteiger partial charge in [-0.3, -0.25) is 4.89 Å². The molecule has 0 radical (unpaired) electrons. The van der Waals surface area contributed by atoms with Gasteiger partial charge in [0, 0.05) is 0 Å². The van der Waals surface area contributed by atoms with Crippen molar-refractivity contribution < 1.29 is 29.1 Å². The topological polar surface area (TPSA) is 71.1 Å². The summed E-state index contributed by atoms with van der Waals surface area (Å²) in [7, 11) is -1.44. The fraction of sp³-hybridized carbons (Fsp3) is 0.652. The quantitative estimate of drug-likeness (QED) is 0.242. The van der Waals surface area contributed by atoms with E-state index in [2.05, 4.69) is 34.5 Å². The van der Waals surface area contributed by atoms with Crippen LogP contribution in [0.4, 0.5) is 4.79 Å². The molecule has 2 rings (SSSR count). The largest absolute Gasteiger partial charge is 0.543 e. The summed E-state index contributed by atoms with van der Waals surface area (Å²) in [4.78, 5) is 33.0. The van der Waals surface area contributed by atoms with Crippen LogP contribution in [0.2, 0.25) is 19.6 Å². The van der Waals surface area contributed by atoms with Crippen molar-refractivity contribution in [1.29, 1.82) is 0 Å². The fourth-order valence-electron chi connectivity index (χ4n) is 3.63. The summed E-state index contributed by atoms with van der Waals surface area (Å²) in [6, 6.07) is 7.20. The maximum atomic E-state index is 12.0. The van der Waals surface area contributed by atoms with Crippen molar-refractivity contribution in [2.24, 2.45) is 0 Å². The Morgan fingerprint density at radius 3 is 1.77 bits per heavy atom. The molecule has 1 fully saturated rings. The zero-order chi connectivity index (χ0) is 21.8. The van der Waals surface area contributed by atoms with E-state index in [0.29, 0.717) is 5.56 Å². The highest BCUT2D eigenvalue weighted by Crippen LogP contribution is 2.19. The summed E-state index contributed by atoms with van der Waals surface area (Å²) < 4.78 is 5.36. The van der Waals surface area contributed by atoms with E-state index in [1.54, 1.807) is 12.1 Å². The number of hydrogen-bond acceptors (Lipinski definition) is 6. The minimum atomic E-state index is -1.44. The Morgan fingerprint density at radius 1 is 0.767 bits per heavy atom. The normalized spacial score (nSPS) is 17.3. The van der Waals surface area contributed by atoms with Gasteiger partial charge in [-0.15, -0.1) is 0 Å². The molecule has 7 heteroatoms. The van der Waals surface area contributed by atoms with Crippen LogP contribution in [-0.2, 0) is 19.6 Å². The van der Waals surface area contributed by atoms with Gasteiger partial charge in [0.05, 0.1) is 18.7 Å². The van der Waals surface area contributed by atoms with Crippen molar-refractivity contribution in [2.45, 2.75) is 96.4 Å². The third kappa shape index (κ3) is 9.30. The fourth-order valence-corrected chi connectivity index (χ4v) is 4.80. The minimum absolute atomic E-state index is 0.190. The van der Waals surface area contributed by atoms with Crippen LogP contribution in [0.5, 0.6) is 0 Å². The van der Waals surface area contributed by atoms with Gasteiger partial charge in [0.25, 0.3) is 0 Å². The Bertz CT molecular complexity index is 641. The van der Waals surface area contributed by atoms with Gasteiger partial charge in [-0.05, 0) is 37.8 Å². The molecule has 1 saturated carbocycles. The van der Waals surface area contributed by atoms with Gasteiger partial charge in [0.1, 0.15) is 6.10 Å². The minimum Gasteiger partial charge on any atom is -0.429 e. The summed E-state index contributed by atoms with van der Waals surface area (Å²) >= 11 is 0. The van der Waals surface area contributed by atoms with Crippen molar-refractivity contribution in [1.82, 2.24) is 0 Å². The SMILES string of the molecule is C[Si](C)(C)c1ccc(C(=O)OOOC(=O)OC2CCCCCCCCCCC2)cc1. The molecular formula is C23H36O6Si. The van der Waals surface area contributed by atoms with E-state index in [-0.39, 0.29) is 6.10 Å². The van der Waals surface area contributed by atoms with Crippen LogP contribution >= 0.6 is 0 Å². The lowest BCUT2D eigenvalue weighted by atomic mass is 9.99. The first kappa shape index (κ1) is 24.4. The number of ether oxygens (including phenoxy) is 1. The van der Waals surface area contributed by atoms with Crippen LogP contribution in [0.25, 0.3) is 0 Å². The van der Waals surface area contributed by atoms with Crippen LogP contribution in [0, 0.1) is 0 Å². The van der Waals surface area contributed by atoms with Crippen LogP contribution in [0.1, 0.15) is 81.0 Å². The highest BCUT2D eigenvalue weighted by molar-refractivity contribution is 6.88. The number of carbonyl (C=O) groups is 2. The van der Waals surface area contributed by atoms with Crippen LogP contribution < -0.4 is 5.19 Å². The van der Waals surface area contributed by atoms with Crippen LogP contribution in [0.3, 0.4) is 0 Å². The maximum absolute atomic E-state index is 12.0. The Morgan fingerprint density at radius 2 is 1.27 bits per heavy atom. The first-order valence-electron chi connectivity index (χ1n) is 11.2. The average molecular weight is 437 g/mol. The molecular weight excluding hydrogens is 400 g/mol. The number of rotatable bonds is 5. The molecule has 0 saturated heterocycles.